The molecular formula is C14H9ClF2O2. The molecule has 2 nitrogen and oxygen atoms in total. The van der Waals surface area contributed by atoms with Crippen molar-refractivity contribution < 1.29 is 18.3 Å². The molecule has 0 N–H and O–H groups in total. The van der Waals surface area contributed by atoms with E-state index in [1.54, 1.807) is 24.3 Å². The maximum Gasteiger partial charge on any atom is 0.206 e. The molecule has 0 fully saturated rings. The summed E-state index contributed by atoms with van der Waals surface area (Å²) in [5.74, 6) is -2.16. The molecule has 0 amide bonds. The molecule has 0 aromatic heterocycles. The predicted molar refractivity (Wildman–Crippen MR) is 67.6 cm³/mol. The minimum Gasteiger partial charge on any atom is -0.485 e. The van der Waals surface area contributed by atoms with Crippen LogP contribution in [0.25, 0.3) is 0 Å². The highest BCUT2D eigenvalue weighted by molar-refractivity contribution is 6.30. The van der Waals surface area contributed by atoms with Crippen molar-refractivity contribution in [1.29, 1.82) is 0 Å². The zero-order valence-corrected chi connectivity index (χ0v) is 10.5. The van der Waals surface area contributed by atoms with E-state index in [4.69, 9.17) is 16.3 Å². The number of Topliss-reactive ketones (excluding diaryl/α,β-unsaturated/α-hetero) is 1. The van der Waals surface area contributed by atoms with Crippen LogP contribution in [0.3, 0.4) is 0 Å². The lowest BCUT2D eigenvalue weighted by molar-refractivity contribution is 0.0913. The van der Waals surface area contributed by atoms with Crippen LogP contribution in [0.1, 0.15) is 10.4 Å². The quantitative estimate of drug-likeness (QED) is 0.796. The number of hydrogen-bond donors (Lipinski definition) is 0. The van der Waals surface area contributed by atoms with Gasteiger partial charge in [0.15, 0.2) is 6.61 Å². The fourth-order valence-corrected chi connectivity index (χ4v) is 1.64. The first-order valence-corrected chi connectivity index (χ1v) is 5.81. The van der Waals surface area contributed by atoms with Crippen LogP contribution in [0.5, 0.6) is 5.75 Å². The van der Waals surface area contributed by atoms with Crippen LogP contribution in [0.2, 0.25) is 5.02 Å². The van der Waals surface area contributed by atoms with Crippen molar-refractivity contribution in [3.05, 3.63) is 64.7 Å². The van der Waals surface area contributed by atoms with E-state index in [1.807, 2.05) is 0 Å². The number of ketones is 1. The zero-order chi connectivity index (χ0) is 13.8. The van der Waals surface area contributed by atoms with Crippen molar-refractivity contribution in [2.75, 3.05) is 6.61 Å². The first kappa shape index (κ1) is 13.5. The number of ether oxygens (including phenoxy) is 1. The van der Waals surface area contributed by atoms with E-state index in [0.29, 0.717) is 10.8 Å². The number of carbonyl (C=O) groups is 1. The van der Waals surface area contributed by atoms with Gasteiger partial charge in [-0.25, -0.2) is 8.78 Å². The van der Waals surface area contributed by atoms with E-state index in [2.05, 4.69) is 0 Å². The lowest BCUT2D eigenvalue weighted by Crippen LogP contribution is -2.15. The minimum absolute atomic E-state index is 0.398. The molecule has 0 spiro atoms. The van der Waals surface area contributed by atoms with E-state index in [1.165, 1.54) is 6.07 Å². The summed E-state index contributed by atoms with van der Waals surface area (Å²) in [5.41, 5.74) is -0.587. The summed E-state index contributed by atoms with van der Waals surface area (Å²) < 4.78 is 31.8. The molecule has 0 saturated carbocycles. The van der Waals surface area contributed by atoms with Crippen LogP contribution >= 0.6 is 11.6 Å². The average molecular weight is 283 g/mol. The van der Waals surface area contributed by atoms with Gasteiger partial charge in [-0.3, -0.25) is 4.79 Å². The van der Waals surface area contributed by atoms with Gasteiger partial charge < -0.3 is 4.74 Å². The van der Waals surface area contributed by atoms with Crippen LogP contribution in [0.15, 0.2) is 42.5 Å². The van der Waals surface area contributed by atoms with Crippen molar-refractivity contribution in [2.24, 2.45) is 0 Å². The van der Waals surface area contributed by atoms with Gasteiger partial charge in [0.2, 0.25) is 5.78 Å². The van der Waals surface area contributed by atoms with Gasteiger partial charge in [-0.15, -0.1) is 0 Å². The number of halogens is 3. The second-order valence-corrected chi connectivity index (χ2v) is 4.20. The molecule has 19 heavy (non-hydrogen) atoms. The highest BCUT2D eigenvalue weighted by Crippen LogP contribution is 2.17. The molecule has 0 bridgehead atoms. The molecule has 0 aliphatic heterocycles. The van der Waals surface area contributed by atoms with Crippen LogP contribution < -0.4 is 4.74 Å². The molecule has 5 heteroatoms. The van der Waals surface area contributed by atoms with E-state index < -0.39 is 29.6 Å². The molecular weight excluding hydrogens is 274 g/mol. The van der Waals surface area contributed by atoms with Crippen LogP contribution in [-0.2, 0) is 0 Å². The van der Waals surface area contributed by atoms with Crippen molar-refractivity contribution in [3.8, 4) is 5.75 Å². The van der Waals surface area contributed by atoms with E-state index >= 15 is 0 Å². The Hall–Kier alpha value is -1.94. The summed E-state index contributed by atoms with van der Waals surface area (Å²) in [7, 11) is 0. The monoisotopic (exact) mass is 282 g/mol. The van der Waals surface area contributed by atoms with Gasteiger partial charge in [0.25, 0.3) is 0 Å². The SMILES string of the molecule is O=C(COc1ccc(Cl)cc1)c1c(F)cccc1F. The minimum atomic E-state index is -0.898. The van der Waals surface area contributed by atoms with Gasteiger partial charge in [0.1, 0.15) is 17.4 Å². The Balaban J connectivity index is 2.07. The number of hydrogen-bond acceptors (Lipinski definition) is 2. The van der Waals surface area contributed by atoms with Crippen molar-refractivity contribution >= 4 is 17.4 Å². The van der Waals surface area contributed by atoms with E-state index in [-0.39, 0.29) is 0 Å². The van der Waals surface area contributed by atoms with Crippen molar-refractivity contribution in [3.63, 3.8) is 0 Å². The molecule has 0 unspecified atom stereocenters. The summed E-state index contributed by atoms with van der Waals surface area (Å²) in [4.78, 5) is 11.7. The molecule has 2 rings (SSSR count). The third-order valence-corrected chi connectivity index (χ3v) is 2.68. The standard InChI is InChI=1S/C14H9ClF2O2/c15-9-4-6-10(7-5-9)19-8-13(18)14-11(16)2-1-3-12(14)17/h1-7H,8H2. The Kier molecular flexibility index (Phi) is 4.12. The third kappa shape index (κ3) is 3.29. The lowest BCUT2D eigenvalue weighted by Gasteiger charge is -2.07. The molecule has 0 heterocycles. The summed E-state index contributed by atoms with van der Waals surface area (Å²) in [6.07, 6.45) is 0. The fraction of sp³-hybridized carbons (Fsp3) is 0.0714. The van der Waals surface area contributed by atoms with Crippen molar-refractivity contribution in [2.45, 2.75) is 0 Å². The molecule has 2 aromatic rings. The van der Waals surface area contributed by atoms with Gasteiger partial charge in [0, 0.05) is 5.02 Å². The van der Waals surface area contributed by atoms with Crippen molar-refractivity contribution in [1.82, 2.24) is 0 Å². The number of benzene rings is 2. The molecule has 0 aliphatic carbocycles. The van der Waals surface area contributed by atoms with Crippen LogP contribution in [0, 0.1) is 11.6 Å². The second-order valence-electron chi connectivity index (χ2n) is 3.76. The first-order chi connectivity index (χ1) is 9.08. The Labute approximate surface area is 113 Å². The topological polar surface area (TPSA) is 26.3 Å². The summed E-state index contributed by atoms with van der Waals surface area (Å²) in [6, 6.07) is 9.55. The normalized spacial score (nSPS) is 10.3. The highest BCUT2D eigenvalue weighted by Gasteiger charge is 2.17. The van der Waals surface area contributed by atoms with Crippen LogP contribution in [0.4, 0.5) is 8.78 Å². The Bertz CT molecular complexity index is 577. The molecule has 0 saturated heterocycles. The molecule has 98 valence electrons. The lowest BCUT2D eigenvalue weighted by atomic mass is 10.1. The predicted octanol–water partition coefficient (Wildman–Crippen LogP) is 3.88. The Morgan fingerprint density at radius 1 is 1.05 bits per heavy atom. The Morgan fingerprint density at radius 3 is 2.21 bits per heavy atom. The molecule has 2 aromatic carbocycles. The van der Waals surface area contributed by atoms with Gasteiger partial charge in [0.05, 0.1) is 5.56 Å². The first-order valence-electron chi connectivity index (χ1n) is 5.43. The summed E-state index contributed by atoms with van der Waals surface area (Å²) in [5, 5.41) is 0.527. The van der Waals surface area contributed by atoms with E-state index in [0.717, 1.165) is 12.1 Å². The molecule has 0 atom stereocenters. The Morgan fingerprint density at radius 2 is 1.63 bits per heavy atom. The summed E-state index contributed by atoms with van der Waals surface area (Å²) in [6.45, 7) is -0.445. The largest absolute Gasteiger partial charge is 0.485 e. The number of rotatable bonds is 4. The maximum absolute atomic E-state index is 13.3. The summed E-state index contributed by atoms with van der Waals surface area (Å²) >= 11 is 5.69. The van der Waals surface area contributed by atoms with Gasteiger partial charge >= 0.3 is 0 Å². The average Bonchev–Trinajstić information content (AvgIpc) is 2.38. The molecule has 0 aliphatic rings. The number of carbonyl (C=O) groups excluding carboxylic acids is 1. The maximum atomic E-state index is 13.3. The van der Waals surface area contributed by atoms with E-state index in [9.17, 15) is 13.6 Å². The van der Waals surface area contributed by atoms with Gasteiger partial charge in [-0.05, 0) is 36.4 Å². The zero-order valence-electron chi connectivity index (χ0n) is 9.70. The third-order valence-electron chi connectivity index (χ3n) is 2.43. The van der Waals surface area contributed by atoms with Crippen LogP contribution in [-0.4, -0.2) is 12.4 Å². The highest BCUT2D eigenvalue weighted by atomic mass is 35.5. The second kappa shape index (κ2) is 5.80. The van der Waals surface area contributed by atoms with Gasteiger partial charge in [-0.2, -0.15) is 0 Å². The fourth-order valence-electron chi connectivity index (χ4n) is 1.52. The molecule has 0 radical (unpaired) electrons. The van der Waals surface area contributed by atoms with Gasteiger partial charge in [-0.1, -0.05) is 17.7 Å². The smallest absolute Gasteiger partial charge is 0.206 e.